The van der Waals surface area contributed by atoms with E-state index in [1.807, 2.05) is 0 Å². The predicted molar refractivity (Wildman–Crippen MR) is 185 cm³/mol. The highest BCUT2D eigenvalue weighted by atomic mass is 16.7. The third-order valence-corrected chi connectivity index (χ3v) is 8.39. The molecule has 1 saturated heterocycles. The Morgan fingerprint density at radius 3 is 1.92 bits per heavy atom. The van der Waals surface area contributed by atoms with Crippen molar-refractivity contribution in [3.8, 4) is 34.5 Å². The molecule has 2 aliphatic rings. The Morgan fingerprint density at radius 1 is 0.755 bits per heavy atom. The molecular formula is C39H34O14. The van der Waals surface area contributed by atoms with Crippen molar-refractivity contribution in [3.63, 3.8) is 0 Å². The van der Waals surface area contributed by atoms with Crippen molar-refractivity contribution in [2.75, 3.05) is 6.61 Å². The minimum Gasteiger partial charge on any atom is -0.508 e. The van der Waals surface area contributed by atoms with Crippen LogP contribution in [-0.4, -0.2) is 85.7 Å². The molecule has 0 radical (unpaired) electrons. The maximum atomic E-state index is 13.1. The first-order valence-corrected chi connectivity index (χ1v) is 16.3. The molecule has 0 aliphatic carbocycles. The number of phenolic OH excluding ortho intramolecular Hbond substituents is 4. The molecule has 274 valence electrons. The monoisotopic (exact) mass is 726 g/mol. The topological polar surface area (TPSA) is 219 Å². The number of fused-ring (bicyclic) bond motifs is 1. The number of aromatic hydroxyl groups is 4. The van der Waals surface area contributed by atoms with E-state index in [0.29, 0.717) is 16.7 Å². The molecular weight excluding hydrogens is 692 g/mol. The van der Waals surface area contributed by atoms with E-state index < -0.39 is 66.9 Å². The second-order valence-electron chi connectivity index (χ2n) is 12.2. The predicted octanol–water partition coefficient (Wildman–Crippen LogP) is 3.92. The van der Waals surface area contributed by atoms with Crippen LogP contribution in [0.25, 0.3) is 12.2 Å². The fraction of sp³-hybridized carbons (Fsp3) is 0.205. The normalized spacial score (nSPS) is 22.6. The Bertz CT molecular complexity index is 2000. The van der Waals surface area contributed by atoms with Crippen LogP contribution in [0.3, 0.4) is 0 Å². The van der Waals surface area contributed by atoms with Crippen molar-refractivity contribution in [1.82, 2.24) is 0 Å². The number of hydrogen-bond donors (Lipinski definition) is 6. The lowest BCUT2D eigenvalue weighted by atomic mass is 9.95. The quantitative estimate of drug-likeness (QED) is 0.101. The number of aliphatic hydroxyl groups is 2. The maximum Gasteiger partial charge on any atom is 0.331 e. The number of esters is 2. The Hall–Kier alpha value is -6.35. The van der Waals surface area contributed by atoms with E-state index >= 15 is 0 Å². The summed E-state index contributed by atoms with van der Waals surface area (Å²) in [5.74, 6) is -2.78. The van der Waals surface area contributed by atoms with Crippen LogP contribution in [0.4, 0.5) is 0 Å². The lowest BCUT2D eigenvalue weighted by molar-refractivity contribution is -0.281. The molecule has 0 aromatic heterocycles. The summed E-state index contributed by atoms with van der Waals surface area (Å²) >= 11 is 0. The van der Waals surface area contributed by atoms with E-state index in [1.165, 1.54) is 54.6 Å². The summed E-state index contributed by atoms with van der Waals surface area (Å²) < 4.78 is 28.6. The number of carbonyl (C=O) groups excluding carboxylic acids is 3. The summed E-state index contributed by atoms with van der Waals surface area (Å²) in [4.78, 5) is 38.5. The zero-order valence-electron chi connectivity index (χ0n) is 27.7. The third-order valence-electron chi connectivity index (χ3n) is 8.39. The van der Waals surface area contributed by atoms with Gasteiger partial charge in [-0.1, -0.05) is 36.4 Å². The van der Waals surface area contributed by atoms with Gasteiger partial charge in [-0.2, -0.15) is 0 Å². The Balaban J connectivity index is 1.22. The average Bonchev–Trinajstić information content (AvgIpc) is 3.13. The van der Waals surface area contributed by atoms with Crippen molar-refractivity contribution < 1.29 is 68.7 Å². The molecule has 53 heavy (non-hydrogen) atoms. The molecule has 4 aromatic rings. The van der Waals surface area contributed by atoms with Crippen molar-refractivity contribution in [1.29, 1.82) is 0 Å². The van der Waals surface area contributed by atoms with Crippen LogP contribution >= 0.6 is 0 Å². The molecule has 14 nitrogen and oxygen atoms in total. The van der Waals surface area contributed by atoms with Crippen LogP contribution in [-0.2, 0) is 23.8 Å². The van der Waals surface area contributed by atoms with Gasteiger partial charge in [-0.15, -0.1) is 0 Å². The molecule has 1 fully saturated rings. The van der Waals surface area contributed by atoms with E-state index in [9.17, 15) is 45.0 Å². The number of rotatable bonds is 10. The van der Waals surface area contributed by atoms with Gasteiger partial charge >= 0.3 is 11.9 Å². The minimum atomic E-state index is -1.83. The smallest absolute Gasteiger partial charge is 0.331 e. The van der Waals surface area contributed by atoms with Gasteiger partial charge in [-0.05, 0) is 65.2 Å². The summed E-state index contributed by atoms with van der Waals surface area (Å²) in [7, 11) is 0. The summed E-state index contributed by atoms with van der Waals surface area (Å²) in [5, 5.41) is 61.6. The number of aliphatic hydroxyl groups excluding tert-OH is 2. The first-order chi connectivity index (χ1) is 25.4. The number of ketones is 1. The number of benzene rings is 4. The fourth-order valence-corrected chi connectivity index (χ4v) is 5.64. The van der Waals surface area contributed by atoms with Gasteiger partial charge in [0, 0.05) is 24.3 Å². The zero-order chi connectivity index (χ0) is 37.6. The van der Waals surface area contributed by atoms with Crippen LogP contribution in [0.5, 0.6) is 34.5 Å². The van der Waals surface area contributed by atoms with Gasteiger partial charge in [0.25, 0.3) is 0 Å². The Labute approximate surface area is 302 Å². The van der Waals surface area contributed by atoms with Crippen molar-refractivity contribution in [2.24, 2.45) is 0 Å². The standard InChI is InChI=1S/C39H34O14/c40-24-9-1-21(2-10-24)5-15-33(45)49-20-32-36(47)37(48)38(53-34(46)16-6-22-3-11-25(41)12-4-22)39(52-32)50-27-17-28(43)35-29(44)19-30(51-31(35)18-27)23-7-13-26(42)14-8-23/h1-18,30,32,36-43,47-48H,19-20H2. The van der Waals surface area contributed by atoms with Crippen LogP contribution in [0, 0.1) is 0 Å². The van der Waals surface area contributed by atoms with E-state index in [1.54, 1.807) is 36.4 Å². The third kappa shape index (κ3) is 8.94. The molecule has 0 amide bonds. The number of carbonyl (C=O) groups is 3. The molecule has 4 aromatic carbocycles. The second-order valence-corrected chi connectivity index (χ2v) is 12.2. The molecule has 6 rings (SSSR count). The molecule has 0 saturated carbocycles. The summed E-state index contributed by atoms with van der Waals surface area (Å²) in [6, 6.07) is 20.4. The first-order valence-electron chi connectivity index (χ1n) is 16.3. The highest BCUT2D eigenvalue weighted by Crippen LogP contribution is 2.43. The molecule has 6 N–H and O–H groups in total. The van der Waals surface area contributed by atoms with Crippen LogP contribution in [0.2, 0.25) is 0 Å². The number of Topliss-reactive ketones (excluding diaryl/α,β-unsaturated/α-hetero) is 1. The average molecular weight is 727 g/mol. The van der Waals surface area contributed by atoms with Gasteiger partial charge in [0.05, 0.1) is 6.42 Å². The van der Waals surface area contributed by atoms with Crippen molar-refractivity contribution in [3.05, 3.63) is 119 Å². The van der Waals surface area contributed by atoms with Crippen molar-refractivity contribution >= 4 is 29.9 Å². The Morgan fingerprint density at radius 2 is 1.32 bits per heavy atom. The number of hydrogen-bond acceptors (Lipinski definition) is 14. The fourth-order valence-electron chi connectivity index (χ4n) is 5.64. The van der Waals surface area contributed by atoms with Gasteiger partial charge in [0.15, 0.2) is 11.9 Å². The van der Waals surface area contributed by atoms with E-state index in [-0.39, 0.29) is 40.7 Å². The number of phenols is 4. The minimum absolute atomic E-state index is 0.0219. The van der Waals surface area contributed by atoms with Gasteiger partial charge in [-0.3, -0.25) is 4.79 Å². The highest BCUT2D eigenvalue weighted by molar-refractivity contribution is 6.02. The molecule has 0 bridgehead atoms. The van der Waals surface area contributed by atoms with Gasteiger partial charge in [0.1, 0.15) is 71.1 Å². The first kappa shape index (κ1) is 36.4. The summed E-state index contributed by atoms with van der Waals surface area (Å²) in [6.45, 7) is -0.570. The molecule has 2 heterocycles. The van der Waals surface area contributed by atoms with Gasteiger partial charge in [0.2, 0.25) is 6.29 Å². The molecule has 6 unspecified atom stereocenters. The van der Waals surface area contributed by atoms with E-state index in [4.69, 9.17) is 23.7 Å². The van der Waals surface area contributed by atoms with E-state index in [0.717, 1.165) is 18.2 Å². The molecule has 2 aliphatic heterocycles. The largest absolute Gasteiger partial charge is 0.508 e. The van der Waals surface area contributed by atoms with Crippen LogP contribution in [0.15, 0.2) is 97.1 Å². The zero-order valence-corrected chi connectivity index (χ0v) is 27.7. The second kappa shape index (κ2) is 15.9. The SMILES string of the molecule is O=C(C=Cc1ccc(O)cc1)OCC1OC(Oc2cc(O)c3c(c2)OC(c2ccc(O)cc2)CC3=O)C(OC(=O)C=Cc2ccc(O)cc2)C(O)C1O. The Kier molecular flexibility index (Phi) is 10.9. The molecule has 14 heteroatoms. The molecule has 0 spiro atoms. The summed E-state index contributed by atoms with van der Waals surface area (Å²) in [5.41, 5.74) is 1.62. The molecule has 6 atom stereocenters. The van der Waals surface area contributed by atoms with Gasteiger partial charge < -0.3 is 54.3 Å². The van der Waals surface area contributed by atoms with Crippen LogP contribution < -0.4 is 9.47 Å². The highest BCUT2D eigenvalue weighted by Gasteiger charge is 2.48. The maximum absolute atomic E-state index is 13.1. The lowest BCUT2D eigenvalue weighted by Crippen LogP contribution is -2.61. The van der Waals surface area contributed by atoms with E-state index in [2.05, 4.69) is 0 Å². The lowest BCUT2D eigenvalue weighted by Gasteiger charge is -2.41. The van der Waals surface area contributed by atoms with Crippen LogP contribution in [0.1, 0.15) is 39.6 Å². The summed E-state index contributed by atoms with van der Waals surface area (Å²) in [6.07, 6.45) is -4.19. The van der Waals surface area contributed by atoms with Gasteiger partial charge in [-0.25, -0.2) is 9.59 Å². The number of ether oxygens (including phenoxy) is 5. The van der Waals surface area contributed by atoms with Crippen molar-refractivity contribution in [2.45, 2.75) is 43.2 Å².